The van der Waals surface area contributed by atoms with Crippen LogP contribution in [-0.2, 0) is 16.6 Å². The molecule has 3 nitrogen and oxygen atoms in total. The predicted octanol–water partition coefficient (Wildman–Crippen LogP) is 3.84. The molecule has 0 spiro atoms. The minimum Gasteiger partial charge on any atom is -0.373 e. The van der Waals surface area contributed by atoms with Crippen LogP contribution in [0.3, 0.4) is 0 Å². The zero-order chi connectivity index (χ0) is 16.5. The summed E-state index contributed by atoms with van der Waals surface area (Å²) in [6.07, 6.45) is 2.27. The molecule has 1 fully saturated rings. The van der Waals surface area contributed by atoms with Crippen LogP contribution in [0.25, 0.3) is 0 Å². The van der Waals surface area contributed by atoms with E-state index in [1.807, 2.05) is 20.8 Å². The van der Waals surface area contributed by atoms with Gasteiger partial charge in [0.1, 0.15) is 0 Å². The number of carbonyl (C=O) groups excluding carboxylic acids is 1. The molecule has 1 N–H and O–H groups in total. The Balaban J connectivity index is 2.29. The van der Waals surface area contributed by atoms with E-state index >= 15 is 0 Å². The third kappa shape index (κ3) is 4.84. The van der Waals surface area contributed by atoms with Gasteiger partial charge in [-0.1, -0.05) is 32.9 Å². The Labute approximate surface area is 134 Å². The number of amides is 1. The molecule has 0 unspecified atom stereocenters. The summed E-state index contributed by atoms with van der Waals surface area (Å²) in [5, 5.41) is 3.09. The molecule has 0 radical (unpaired) electrons. The Hall–Kier alpha value is -1.35. The van der Waals surface area contributed by atoms with Crippen LogP contribution in [-0.4, -0.2) is 24.2 Å². The molecule has 2 rings (SSSR count). The molecule has 0 aromatic heterocycles. The minimum absolute atomic E-state index is 0.0188. The van der Waals surface area contributed by atoms with E-state index in [1.165, 1.54) is 5.56 Å². The van der Waals surface area contributed by atoms with E-state index < -0.39 is 0 Å². The molecule has 122 valence electrons. The van der Waals surface area contributed by atoms with Crippen molar-refractivity contribution in [3.8, 4) is 0 Å². The van der Waals surface area contributed by atoms with Crippen molar-refractivity contribution in [2.24, 2.45) is 0 Å². The average Bonchev–Trinajstić information content (AvgIpc) is 3.16. The van der Waals surface area contributed by atoms with Gasteiger partial charge < -0.3 is 10.1 Å². The molecule has 0 saturated carbocycles. The highest BCUT2D eigenvalue weighted by Gasteiger charge is 2.25. The van der Waals surface area contributed by atoms with Crippen molar-refractivity contribution in [2.45, 2.75) is 71.4 Å². The number of rotatable bonds is 4. The van der Waals surface area contributed by atoms with Crippen LogP contribution in [0.15, 0.2) is 18.2 Å². The standard InChI is InChI=1S/C19H29NO2/c1-18(2,3)14-9-7-13(8-10-15-12-22-15)16(11-14)17(21)20-19(4,5)6/h7,9,11,15H,8,10,12H2,1-6H3,(H,20,21)/t15-/m1/s1. The van der Waals surface area contributed by atoms with Crippen molar-refractivity contribution in [1.29, 1.82) is 0 Å². The first-order chi connectivity index (χ1) is 10.1. The predicted molar refractivity (Wildman–Crippen MR) is 90.4 cm³/mol. The highest BCUT2D eigenvalue weighted by atomic mass is 16.6. The molecular weight excluding hydrogens is 274 g/mol. The second kappa shape index (κ2) is 6.04. The number of hydrogen-bond donors (Lipinski definition) is 1. The quantitative estimate of drug-likeness (QED) is 0.859. The molecule has 1 aliphatic rings. The van der Waals surface area contributed by atoms with Crippen molar-refractivity contribution in [3.05, 3.63) is 34.9 Å². The van der Waals surface area contributed by atoms with Gasteiger partial charge in [-0.2, -0.15) is 0 Å². The number of nitrogens with one attached hydrogen (secondary N) is 1. The number of ether oxygens (including phenoxy) is 1. The van der Waals surface area contributed by atoms with Gasteiger partial charge in [0.25, 0.3) is 5.91 Å². The lowest BCUT2D eigenvalue weighted by Gasteiger charge is -2.24. The van der Waals surface area contributed by atoms with Gasteiger partial charge in [-0.3, -0.25) is 4.79 Å². The second-order valence-corrected chi connectivity index (χ2v) is 8.32. The Morgan fingerprint density at radius 2 is 1.86 bits per heavy atom. The van der Waals surface area contributed by atoms with Crippen molar-refractivity contribution in [2.75, 3.05) is 6.61 Å². The fraction of sp³-hybridized carbons (Fsp3) is 0.632. The van der Waals surface area contributed by atoms with Gasteiger partial charge in [-0.25, -0.2) is 0 Å². The smallest absolute Gasteiger partial charge is 0.251 e. The molecule has 1 aromatic rings. The number of epoxide rings is 1. The third-order valence-corrected chi connectivity index (χ3v) is 3.85. The van der Waals surface area contributed by atoms with Gasteiger partial charge in [0.2, 0.25) is 0 Å². The van der Waals surface area contributed by atoms with Crippen LogP contribution in [0, 0.1) is 0 Å². The first-order valence-corrected chi connectivity index (χ1v) is 8.14. The van der Waals surface area contributed by atoms with Gasteiger partial charge in [-0.05, 0) is 56.2 Å². The molecule has 0 bridgehead atoms. The lowest BCUT2D eigenvalue weighted by atomic mass is 9.84. The first-order valence-electron chi connectivity index (χ1n) is 8.14. The van der Waals surface area contributed by atoms with Gasteiger partial charge in [0.05, 0.1) is 12.7 Å². The summed E-state index contributed by atoms with van der Waals surface area (Å²) in [5.41, 5.74) is 2.92. The second-order valence-electron chi connectivity index (χ2n) is 8.32. The maximum atomic E-state index is 12.7. The van der Waals surface area contributed by atoms with E-state index in [0.29, 0.717) is 6.10 Å². The van der Waals surface area contributed by atoms with Crippen LogP contribution in [0.4, 0.5) is 0 Å². The summed E-state index contributed by atoms with van der Waals surface area (Å²) in [6, 6.07) is 6.32. The van der Waals surface area contributed by atoms with Gasteiger partial charge in [0.15, 0.2) is 0 Å². The lowest BCUT2D eigenvalue weighted by molar-refractivity contribution is 0.0918. The summed E-state index contributed by atoms with van der Waals surface area (Å²) in [4.78, 5) is 12.7. The maximum absolute atomic E-state index is 12.7. The van der Waals surface area contributed by atoms with Gasteiger partial charge in [-0.15, -0.1) is 0 Å². The minimum atomic E-state index is -0.230. The van der Waals surface area contributed by atoms with E-state index in [0.717, 1.165) is 30.6 Å². The Kier molecular flexibility index (Phi) is 4.67. The summed E-state index contributed by atoms with van der Waals surface area (Å²) < 4.78 is 5.29. The molecule has 3 heteroatoms. The van der Waals surface area contributed by atoms with Crippen molar-refractivity contribution in [1.82, 2.24) is 5.32 Å². The van der Waals surface area contributed by atoms with Crippen LogP contribution in [0.5, 0.6) is 0 Å². The molecule has 22 heavy (non-hydrogen) atoms. The summed E-state index contributed by atoms with van der Waals surface area (Å²) in [7, 11) is 0. The molecule has 1 aliphatic heterocycles. The Morgan fingerprint density at radius 3 is 2.36 bits per heavy atom. The fourth-order valence-corrected chi connectivity index (χ4v) is 2.43. The van der Waals surface area contributed by atoms with Gasteiger partial charge in [0, 0.05) is 11.1 Å². The normalized spacial score (nSPS) is 18.2. The van der Waals surface area contributed by atoms with E-state index in [9.17, 15) is 4.79 Å². The van der Waals surface area contributed by atoms with E-state index in [1.54, 1.807) is 0 Å². The number of hydrogen-bond acceptors (Lipinski definition) is 2. The molecule has 1 saturated heterocycles. The van der Waals surface area contributed by atoms with Gasteiger partial charge >= 0.3 is 0 Å². The van der Waals surface area contributed by atoms with Crippen LogP contribution in [0.1, 0.15) is 69.4 Å². The highest BCUT2D eigenvalue weighted by molar-refractivity contribution is 5.96. The fourth-order valence-electron chi connectivity index (χ4n) is 2.43. The average molecular weight is 303 g/mol. The number of benzene rings is 1. The molecule has 1 amide bonds. The van der Waals surface area contributed by atoms with Crippen molar-refractivity contribution >= 4 is 5.91 Å². The molecule has 1 heterocycles. The zero-order valence-corrected chi connectivity index (χ0v) is 14.7. The van der Waals surface area contributed by atoms with Crippen molar-refractivity contribution in [3.63, 3.8) is 0 Å². The van der Waals surface area contributed by atoms with E-state index in [-0.39, 0.29) is 16.9 Å². The summed E-state index contributed by atoms with van der Waals surface area (Å²) >= 11 is 0. The zero-order valence-electron chi connectivity index (χ0n) is 14.7. The summed E-state index contributed by atoms with van der Waals surface area (Å²) in [5.74, 6) is 0.0188. The van der Waals surface area contributed by atoms with E-state index in [2.05, 4.69) is 44.3 Å². The monoisotopic (exact) mass is 303 g/mol. The summed E-state index contributed by atoms with van der Waals surface area (Å²) in [6.45, 7) is 13.4. The van der Waals surface area contributed by atoms with Crippen LogP contribution in [0.2, 0.25) is 0 Å². The first kappa shape index (κ1) is 17.0. The van der Waals surface area contributed by atoms with E-state index in [4.69, 9.17) is 4.74 Å². The number of carbonyl (C=O) groups is 1. The molecular formula is C19H29NO2. The topological polar surface area (TPSA) is 41.6 Å². The largest absolute Gasteiger partial charge is 0.373 e. The van der Waals surface area contributed by atoms with Crippen molar-refractivity contribution < 1.29 is 9.53 Å². The third-order valence-electron chi connectivity index (χ3n) is 3.85. The maximum Gasteiger partial charge on any atom is 0.251 e. The SMILES string of the molecule is CC(C)(C)NC(=O)c1cc(C(C)(C)C)ccc1CC[C@@H]1CO1. The van der Waals surface area contributed by atoms with Crippen LogP contribution >= 0.6 is 0 Å². The Bertz CT molecular complexity index is 546. The Morgan fingerprint density at radius 1 is 1.23 bits per heavy atom. The van der Waals surface area contributed by atoms with Crippen LogP contribution < -0.4 is 5.32 Å². The highest BCUT2D eigenvalue weighted by Crippen LogP contribution is 2.26. The molecule has 1 atom stereocenters. The molecule has 1 aromatic carbocycles. The number of aryl methyl sites for hydroxylation is 1. The lowest BCUT2D eigenvalue weighted by Crippen LogP contribution is -2.41. The molecule has 0 aliphatic carbocycles.